The molecule has 0 aliphatic heterocycles. The minimum absolute atomic E-state index is 0.0248. The number of nitrogens with two attached hydrogens (primary N) is 1. The molecule has 90 valence electrons. The number of carboxylic acid groups (broad SMARTS) is 1. The number of hydrogen-bond acceptors (Lipinski definition) is 4. The molecule has 1 aromatic rings. The van der Waals surface area contributed by atoms with Crippen molar-refractivity contribution in [1.29, 1.82) is 5.26 Å². The highest BCUT2D eigenvalue weighted by atomic mass is 16.4. The second-order valence-corrected chi connectivity index (χ2v) is 3.88. The van der Waals surface area contributed by atoms with E-state index in [2.05, 4.69) is 0 Å². The normalized spacial score (nSPS) is 11.8. The molecule has 0 aromatic heterocycles. The summed E-state index contributed by atoms with van der Waals surface area (Å²) in [4.78, 5) is 10.4. The summed E-state index contributed by atoms with van der Waals surface area (Å²) in [6, 6.07) is 4.59. The summed E-state index contributed by atoms with van der Waals surface area (Å²) >= 11 is 0. The van der Waals surface area contributed by atoms with E-state index in [-0.39, 0.29) is 17.7 Å². The van der Waals surface area contributed by atoms with Gasteiger partial charge in [-0.05, 0) is 30.5 Å². The maximum atomic E-state index is 10.4. The molecular formula is C12H14N2O3. The molecule has 0 amide bonds. The van der Waals surface area contributed by atoms with Crippen molar-refractivity contribution in [3.63, 3.8) is 0 Å². The van der Waals surface area contributed by atoms with Crippen LogP contribution >= 0.6 is 0 Å². The van der Waals surface area contributed by atoms with E-state index in [9.17, 15) is 9.90 Å². The molecule has 1 rings (SSSR count). The molecule has 0 aliphatic rings. The van der Waals surface area contributed by atoms with E-state index in [1.165, 1.54) is 6.07 Å². The summed E-state index contributed by atoms with van der Waals surface area (Å²) in [6.07, 6.45) is 0.271. The first-order chi connectivity index (χ1) is 7.95. The van der Waals surface area contributed by atoms with Crippen LogP contribution in [0.1, 0.15) is 35.6 Å². The smallest absolute Gasteiger partial charge is 0.303 e. The van der Waals surface area contributed by atoms with Gasteiger partial charge in [-0.15, -0.1) is 0 Å². The Kier molecular flexibility index (Phi) is 4.07. The Morgan fingerprint density at radius 2 is 2.24 bits per heavy atom. The number of aryl methyl sites for hydroxylation is 1. The van der Waals surface area contributed by atoms with Gasteiger partial charge >= 0.3 is 5.97 Å². The van der Waals surface area contributed by atoms with Crippen molar-refractivity contribution < 1.29 is 15.0 Å². The van der Waals surface area contributed by atoms with Gasteiger partial charge in [0.2, 0.25) is 0 Å². The number of rotatable bonds is 4. The van der Waals surface area contributed by atoms with Crippen LogP contribution in [0.5, 0.6) is 5.75 Å². The number of hydrogen-bond donors (Lipinski definition) is 3. The molecule has 0 bridgehead atoms. The quantitative estimate of drug-likeness (QED) is 0.730. The molecule has 0 spiro atoms. The average Bonchev–Trinajstić information content (AvgIpc) is 2.29. The third kappa shape index (κ3) is 3.20. The molecule has 0 aliphatic carbocycles. The fourth-order valence-electron chi connectivity index (χ4n) is 1.55. The summed E-state index contributed by atoms with van der Waals surface area (Å²) in [6.45, 7) is 1.67. The lowest BCUT2D eigenvalue weighted by Gasteiger charge is -2.13. The number of aliphatic carboxylic acids is 1. The van der Waals surface area contributed by atoms with Crippen LogP contribution in [0.25, 0.3) is 0 Å². The Balaban J connectivity index is 2.95. The summed E-state index contributed by atoms with van der Waals surface area (Å²) in [5.74, 6) is -0.960. The Morgan fingerprint density at radius 1 is 1.59 bits per heavy atom. The van der Waals surface area contributed by atoms with Crippen molar-refractivity contribution in [2.75, 3.05) is 0 Å². The first-order valence-corrected chi connectivity index (χ1v) is 5.16. The minimum Gasteiger partial charge on any atom is -0.506 e. The number of phenols is 1. The van der Waals surface area contributed by atoms with Crippen LogP contribution in [0.15, 0.2) is 12.1 Å². The lowest BCUT2D eigenvalue weighted by molar-refractivity contribution is -0.137. The first kappa shape index (κ1) is 13.0. The predicted octanol–water partition coefficient (Wildman–Crippen LogP) is 1.44. The van der Waals surface area contributed by atoms with Crippen molar-refractivity contribution in [3.05, 3.63) is 28.8 Å². The van der Waals surface area contributed by atoms with Gasteiger partial charge in [-0.25, -0.2) is 0 Å². The summed E-state index contributed by atoms with van der Waals surface area (Å²) in [5.41, 5.74) is 7.21. The van der Waals surface area contributed by atoms with Crippen LogP contribution in [0.4, 0.5) is 0 Å². The molecule has 5 heteroatoms. The Morgan fingerprint density at radius 3 is 2.76 bits per heavy atom. The molecule has 0 saturated heterocycles. The Bertz CT molecular complexity index is 477. The van der Waals surface area contributed by atoms with Gasteiger partial charge in [0, 0.05) is 12.5 Å². The van der Waals surface area contributed by atoms with Gasteiger partial charge < -0.3 is 15.9 Å². The number of carbonyl (C=O) groups is 1. The van der Waals surface area contributed by atoms with Gasteiger partial charge in [0.05, 0.1) is 5.56 Å². The molecular weight excluding hydrogens is 220 g/mol. The van der Waals surface area contributed by atoms with E-state index in [1.54, 1.807) is 13.0 Å². The summed E-state index contributed by atoms with van der Waals surface area (Å²) in [7, 11) is 0. The molecule has 1 unspecified atom stereocenters. The van der Waals surface area contributed by atoms with Crippen LogP contribution in [-0.2, 0) is 4.79 Å². The molecule has 4 N–H and O–H groups in total. The second-order valence-electron chi connectivity index (χ2n) is 3.88. The molecule has 5 nitrogen and oxygen atoms in total. The molecule has 0 radical (unpaired) electrons. The van der Waals surface area contributed by atoms with Crippen molar-refractivity contribution in [2.45, 2.75) is 25.8 Å². The van der Waals surface area contributed by atoms with E-state index < -0.39 is 12.0 Å². The number of benzene rings is 1. The lowest BCUT2D eigenvalue weighted by Crippen LogP contribution is -2.12. The van der Waals surface area contributed by atoms with Crippen LogP contribution in [0.2, 0.25) is 0 Å². The van der Waals surface area contributed by atoms with Crippen molar-refractivity contribution in [2.24, 2.45) is 5.73 Å². The van der Waals surface area contributed by atoms with Gasteiger partial charge in [-0.3, -0.25) is 4.79 Å². The molecule has 0 saturated carbocycles. The maximum Gasteiger partial charge on any atom is 0.303 e. The number of phenolic OH excluding ortho intramolecular Hbond substituents is 1. The fraction of sp³-hybridized carbons (Fsp3) is 0.333. The third-order valence-electron chi connectivity index (χ3n) is 2.54. The second kappa shape index (κ2) is 5.32. The highest BCUT2D eigenvalue weighted by Crippen LogP contribution is 2.27. The predicted molar refractivity (Wildman–Crippen MR) is 61.4 cm³/mol. The fourth-order valence-corrected chi connectivity index (χ4v) is 1.55. The third-order valence-corrected chi connectivity index (χ3v) is 2.54. The van der Waals surface area contributed by atoms with Gasteiger partial charge in [0.25, 0.3) is 0 Å². The first-order valence-electron chi connectivity index (χ1n) is 5.16. The zero-order chi connectivity index (χ0) is 13.0. The van der Waals surface area contributed by atoms with E-state index in [1.807, 2.05) is 6.07 Å². The number of nitrogens with zero attached hydrogens (tertiary/aromatic N) is 1. The van der Waals surface area contributed by atoms with Crippen molar-refractivity contribution in [1.82, 2.24) is 0 Å². The maximum absolute atomic E-state index is 10.4. The Hall–Kier alpha value is -2.06. The lowest BCUT2D eigenvalue weighted by atomic mass is 9.98. The molecule has 17 heavy (non-hydrogen) atoms. The van der Waals surface area contributed by atoms with E-state index >= 15 is 0 Å². The molecule has 1 aromatic carbocycles. The van der Waals surface area contributed by atoms with Crippen molar-refractivity contribution in [3.8, 4) is 11.8 Å². The molecule has 1 atom stereocenters. The SMILES string of the molecule is Cc1cc(C(N)CCC(=O)O)cc(C#N)c1O. The summed E-state index contributed by atoms with van der Waals surface area (Å²) in [5, 5.41) is 26.9. The monoisotopic (exact) mass is 234 g/mol. The van der Waals surface area contributed by atoms with Crippen molar-refractivity contribution >= 4 is 5.97 Å². The zero-order valence-corrected chi connectivity index (χ0v) is 9.47. The van der Waals surface area contributed by atoms with E-state index in [0.717, 1.165) is 0 Å². The van der Waals surface area contributed by atoms with Crippen LogP contribution in [0, 0.1) is 18.3 Å². The average molecular weight is 234 g/mol. The number of nitriles is 1. The van der Waals surface area contributed by atoms with Crippen LogP contribution in [0.3, 0.4) is 0 Å². The molecule has 0 heterocycles. The van der Waals surface area contributed by atoms with Gasteiger partial charge in [-0.2, -0.15) is 5.26 Å². The Labute approximate surface area is 99.1 Å². The number of aromatic hydroxyl groups is 1. The highest BCUT2D eigenvalue weighted by Gasteiger charge is 2.13. The van der Waals surface area contributed by atoms with E-state index in [4.69, 9.17) is 16.1 Å². The standard InChI is InChI=1S/C12H14N2O3/c1-7-4-8(5-9(6-13)12(7)17)10(14)2-3-11(15)16/h4-5,10,17H,2-3,14H2,1H3,(H,15,16). The topological polar surface area (TPSA) is 107 Å². The zero-order valence-electron chi connectivity index (χ0n) is 9.47. The van der Waals surface area contributed by atoms with Crippen LogP contribution < -0.4 is 5.73 Å². The van der Waals surface area contributed by atoms with Gasteiger partial charge in [0.15, 0.2) is 0 Å². The van der Waals surface area contributed by atoms with E-state index in [0.29, 0.717) is 17.5 Å². The van der Waals surface area contributed by atoms with Gasteiger partial charge in [-0.1, -0.05) is 6.07 Å². The van der Waals surface area contributed by atoms with Crippen LogP contribution in [-0.4, -0.2) is 16.2 Å². The summed E-state index contributed by atoms with van der Waals surface area (Å²) < 4.78 is 0. The minimum atomic E-state index is -0.906. The molecule has 0 fully saturated rings. The highest BCUT2D eigenvalue weighted by molar-refractivity contribution is 5.66. The largest absolute Gasteiger partial charge is 0.506 e. The van der Waals surface area contributed by atoms with Gasteiger partial charge in [0.1, 0.15) is 11.8 Å². The number of carboxylic acids is 1.